The maximum atomic E-state index is 4.67. The Morgan fingerprint density at radius 1 is 1.08 bits per heavy atom. The smallest absolute Gasteiger partial charge is 0.225 e. The summed E-state index contributed by atoms with van der Waals surface area (Å²) in [6.45, 7) is 12.3. The van der Waals surface area contributed by atoms with Gasteiger partial charge in [-0.15, -0.1) is 0 Å². The monoisotopic (exact) mass is 347 g/mol. The number of nitrogens with zero attached hydrogens (tertiary/aromatic N) is 5. The lowest BCUT2D eigenvalue weighted by molar-refractivity contribution is 0.255. The predicted molar refractivity (Wildman–Crippen MR) is 104 cm³/mol. The normalized spacial score (nSPS) is 16.1. The Hall–Kier alpha value is -1.89. The topological polar surface area (TPSA) is 68.7 Å². The van der Waals surface area contributed by atoms with Gasteiger partial charge in [0.2, 0.25) is 5.95 Å². The molecule has 2 heterocycles. The molecule has 1 saturated heterocycles. The number of anilines is 1. The van der Waals surface area contributed by atoms with Crippen LogP contribution < -0.4 is 15.5 Å². The molecule has 1 aromatic rings. The first-order chi connectivity index (χ1) is 12.3. The summed E-state index contributed by atoms with van der Waals surface area (Å²) in [6.07, 6.45) is 7.09. The van der Waals surface area contributed by atoms with Crippen molar-refractivity contribution in [1.29, 1.82) is 0 Å². The molecule has 0 aromatic carbocycles. The minimum Gasteiger partial charge on any atom is -0.357 e. The van der Waals surface area contributed by atoms with Crippen LogP contribution in [0.1, 0.15) is 33.1 Å². The van der Waals surface area contributed by atoms with Crippen LogP contribution in [-0.2, 0) is 0 Å². The molecule has 0 radical (unpaired) electrons. The molecular weight excluding hydrogens is 314 g/mol. The summed E-state index contributed by atoms with van der Waals surface area (Å²) in [4.78, 5) is 18.1. The SMILES string of the molecule is CCCCNC(=NCCCN1CCN(c2ncccn2)CC1)NCC. The first kappa shape index (κ1) is 19.4. The molecule has 0 aliphatic carbocycles. The van der Waals surface area contributed by atoms with E-state index in [-0.39, 0.29) is 0 Å². The van der Waals surface area contributed by atoms with Gasteiger partial charge in [0.15, 0.2) is 5.96 Å². The first-order valence-electron chi connectivity index (χ1n) is 9.60. The van der Waals surface area contributed by atoms with Gasteiger partial charge in [0.1, 0.15) is 0 Å². The van der Waals surface area contributed by atoms with E-state index in [4.69, 9.17) is 0 Å². The Bertz CT molecular complexity index is 483. The molecule has 0 unspecified atom stereocenters. The van der Waals surface area contributed by atoms with E-state index < -0.39 is 0 Å². The van der Waals surface area contributed by atoms with Gasteiger partial charge in [-0.2, -0.15) is 0 Å². The van der Waals surface area contributed by atoms with Crippen molar-refractivity contribution in [2.24, 2.45) is 4.99 Å². The second-order valence-electron chi connectivity index (χ2n) is 6.27. The van der Waals surface area contributed by atoms with Crippen molar-refractivity contribution < 1.29 is 0 Å². The van der Waals surface area contributed by atoms with Crippen LogP contribution in [0.2, 0.25) is 0 Å². The van der Waals surface area contributed by atoms with Crippen molar-refractivity contribution in [3.63, 3.8) is 0 Å². The third kappa shape index (κ3) is 7.25. The first-order valence-corrected chi connectivity index (χ1v) is 9.60. The van der Waals surface area contributed by atoms with E-state index in [2.05, 4.69) is 49.2 Å². The van der Waals surface area contributed by atoms with Crippen LogP contribution >= 0.6 is 0 Å². The summed E-state index contributed by atoms with van der Waals surface area (Å²) < 4.78 is 0. The van der Waals surface area contributed by atoms with E-state index >= 15 is 0 Å². The molecule has 0 atom stereocenters. The molecule has 0 amide bonds. The van der Waals surface area contributed by atoms with Gasteiger partial charge in [-0.1, -0.05) is 13.3 Å². The molecular formula is C18H33N7. The Balaban J connectivity index is 1.64. The number of aromatic nitrogens is 2. The summed E-state index contributed by atoms with van der Waals surface area (Å²) in [5.41, 5.74) is 0. The molecule has 140 valence electrons. The highest BCUT2D eigenvalue weighted by Gasteiger charge is 2.17. The highest BCUT2D eigenvalue weighted by atomic mass is 15.3. The number of unbranched alkanes of at least 4 members (excludes halogenated alkanes) is 1. The zero-order valence-corrected chi connectivity index (χ0v) is 15.7. The Labute approximate surface area is 151 Å². The highest BCUT2D eigenvalue weighted by molar-refractivity contribution is 5.79. The molecule has 0 saturated carbocycles. The summed E-state index contributed by atoms with van der Waals surface area (Å²) in [5, 5.41) is 6.70. The van der Waals surface area contributed by atoms with Crippen molar-refractivity contribution in [2.45, 2.75) is 33.1 Å². The van der Waals surface area contributed by atoms with Gasteiger partial charge in [-0.3, -0.25) is 9.89 Å². The second-order valence-corrected chi connectivity index (χ2v) is 6.27. The standard InChI is InChI=1S/C18H33N7/c1-3-5-8-20-17(19-4-2)21-11-7-12-24-13-15-25(16-14-24)18-22-9-6-10-23-18/h6,9-10H,3-5,7-8,11-16H2,1-2H3,(H2,19,20,21). The molecule has 25 heavy (non-hydrogen) atoms. The third-order valence-corrected chi connectivity index (χ3v) is 4.28. The summed E-state index contributed by atoms with van der Waals surface area (Å²) in [5.74, 6) is 1.79. The zero-order valence-electron chi connectivity index (χ0n) is 15.7. The Kier molecular flexibility index (Phi) is 9.04. The number of aliphatic imine (C=N–C) groups is 1. The van der Waals surface area contributed by atoms with Gasteiger partial charge in [-0.05, 0) is 25.8 Å². The fourth-order valence-electron chi connectivity index (χ4n) is 2.84. The van der Waals surface area contributed by atoms with Crippen LogP contribution in [0, 0.1) is 0 Å². The molecule has 2 N–H and O–H groups in total. The summed E-state index contributed by atoms with van der Waals surface area (Å²) in [6, 6.07) is 1.86. The maximum absolute atomic E-state index is 4.67. The van der Waals surface area contributed by atoms with E-state index in [9.17, 15) is 0 Å². The number of nitrogens with one attached hydrogen (secondary N) is 2. The lowest BCUT2D eigenvalue weighted by Gasteiger charge is -2.34. The number of guanidine groups is 1. The average Bonchev–Trinajstić information content (AvgIpc) is 2.66. The van der Waals surface area contributed by atoms with Crippen LogP contribution in [-0.4, -0.2) is 73.2 Å². The minimum atomic E-state index is 0.847. The Morgan fingerprint density at radius 3 is 2.52 bits per heavy atom. The number of hydrogen-bond donors (Lipinski definition) is 2. The minimum absolute atomic E-state index is 0.847. The van der Waals surface area contributed by atoms with Crippen LogP contribution in [0.4, 0.5) is 5.95 Å². The van der Waals surface area contributed by atoms with Crippen LogP contribution in [0.25, 0.3) is 0 Å². The van der Waals surface area contributed by atoms with Crippen LogP contribution in [0.5, 0.6) is 0 Å². The van der Waals surface area contributed by atoms with Crippen molar-refractivity contribution in [3.8, 4) is 0 Å². The van der Waals surface area contributed by atoms with Gasteiger partial charge >= 0.3 is 0 Å². The molecule has 7 nitrogen and oxygen atoms in total. The van der Waals surface area contributed by atoms with Gasteiger partial charge in [0.05, 0.1) is 0 Å². The zero-order chi connectivity index (χ0) is 17.7. The van der Waals surface area contributed by atoms with E-state index in [1.54, 1.807) is 0 Å². The van der Waals surface area contributed by atoms with Crippen LogP contribution in [0.15, 0.2) is 23.5 Å². The molecule has 1 aliphatic rings. The quantitative estimate of drug-likeness (QED) is 0.399. The van der Waals surface area contributed by atoms with Gasteiger partial charge in [-0.25, -0.2) is 9.97 Å². The molecule has 0 spiro atoms. The fourth-order valence-corrected chi connectivity index (χ4v) is 2.84. The van der Waals surface area contributed by atoms with Gasteiger partial charge in [0.25, 0.3) is 0 Å². The van der Waals surface area contributed by atoms with Gasteiger partial charge < -0.3 is 15.5 Å². The molecule has 1 aromatic heterocycles. The summed E-state index contributed by atoms with van der Waals surface area (Å²) in [7, 11) is 0. The van der Waals surface area contributed by atoms with Crippen molar-refractivity contribution >= 4 is 11.9 Å². The van der Waals surface area contributed by atoms with Crippen LogP contribution in [0.3, 0.4) is 0 Å². The van der Waals surface area contributed by atoms with Gasteiger partial charge in [0, 0.05) is 64.8 Å². The number of hydrogen-bond acceptors (Lipinski definition) is 5. The number of rotatable bonds is 9. The maximum Gasteiger partial charge on any atom is 0.225 e. The van der Waals surface area contributed by atoms with E-state index in [0.717, 1.165) is 70.7 Å². The molecule has 1 aliphatic heterocycles. The third-order valence-electron chi connectivity index (χ3n) is 4.28. The van der Waals surface area contributed by atoms with Crippen molar-refractivity contribution in [1.82, 2.24) is 25.5 Å². The molecule has 2 rings (SSSR count). The van der Waals surface area contributed by atoms with Crippen molar-refractivity contribution in [3.05, 3.63) is 18.5 Å². The number of piperazine rings is 1. The van der Waals surface area contributed by atoms with E-state index in [1.165, 1.54) is 12.8 Å². The molecule has 1 fully saturated rings. The Morgan fingerprint density at radius 2 is 1.84 bits per heavy atom. The predicted octanol–water partition coefficient (Wildman–Crippen LogP) is 1.34. The molecule has 0 bridgehead atoms. The van der Waals surface area contributed by atoms with Crippen molar-refractivity contribution in [2.75, 3.05) is 57.3 Å². The molecule has 7 heteroatoms. The fraction of sp³-hybridized carbons (Fsp3) is 0.722. The van der Waals surface area contributed by atoms with E-state index in [1.807, 2.05) is 18.5 Å². The highest BCUT2D eigenvalue weighted by Crippen LogP contribution is 2.09. The summed E-state index contributed by atoms with van der Waals surface area (Å²) >= 11 is 0. The van der Waals surface area contributed by atoms with E-state index in [0.29, 0.717) is 0 Å². The lowest BCUT2D eigenvalue weighted by Crippen LogP contribution is -2.47. The lowest BCUT2D eigenvalue weighted by atomic mass is 10.3. The largest absolute Gasteiger partial charge is 0.357 e. The average molecular weight is 348 g/mol. The second kappa shape index (κ2) is 11.6.